The zero-order valence-electron chi connectivity index (χ0n) is 5.35. The van der Waals surface area contributed by atoms with Gasteiger partial charge in [-0.25, -0.2) is 0 Å². The minimum atomic E-state index is 0.531. The van der Waals surface area contributed by atoms with Crippen LogP contribution in [0.2, 0.25) is 0 Å². The quantitative estimate of drug-likeness (QED) is 0.408. The van der Waals surface area contributed by atoms with Gasteiger partial charge >= 0.3 is 0 Å². The smallest absolute Gasteiger partial charge is 0.0210 e. The van der Waals surface area contributed by atoms with Crippen LogP contribution in [0.5, 0.6) is 0 Å². The molecular formula is C6H14N2. The largest absolute Gasteiger partial charge is 0.271 e. The van der Waals surface area contributed by atoms with E-state index >= 15 is 0 Å². The fourth-order valence-electron chi connectivity index (χ4n) is 1.08. The first kappa shape index (κ1) is 6.05. The summed E-state index contributed by atoms with van der Waals surface area (Å²) >= 11 is 0. The number of hydrogen-bond donors (Lipinski definition) is 2. The maximum absolute atomic E-state index is 5.23. The van der Waals surface area contributed by atoms with Crippen LogP contribution < -0.4 is 11.3 Å². The van der Waals surface area contributed by atoms with Gasteiger partial charge in [-0.05, 0) is 25.7 Å². The second kappa shape index (κ2) is 2.46. The van der Waals surface area contributed by atoms with E-state index in [4.69, 9.17) is 5.84 Å². The van der Waals surface area contributed by atoms with Crippen LogP contribution in [0.1, 0.15) is 26.2 Å². The first-order chi connectivity index (χ1) is 3.84. The third-order valence-electron chi connectivity index (χ3n) is 2.12. The van der Waals surface area contributed by atoms with Crippen LogP contribution in [0.4, 0.5) is 0 Å². The van der Waals surface area contributed by atoms with E-state index in [-0.39, 0.29) is 0 Å². The summed E-state index contributed by atoms with van der Waals surface area (Å²) in [6.07, 6.45) is 4.13. The van der Waals surface area contributed by atoms with Crippen LogP contribution in [0, 0.1) is 5.92 Å². The number of nitrogens with two attached hydrogens (primary N) is 1. The van der Waals surface area contributed by atoms with Crippen molar-refractivity contribution in [3.05, 3.63) is 0 Å². The summed E-state index contributed by atoms with van der Waals surface area (Å²) in [6.45, 7) is 2.14. The monoisotopic (exact) mass is 114 g/mol. The van der Waals surface area contributed by atoms with Gasteiger partial charge in [0.15, 0.2) is 0 Å². The summed E-state index contributed by atoms with van der Waals surface area (Å²) in [4.78, 5) is 0. The third-order valence-corrected chi connectivity index (χ3v) is 2.12. The van der Waals surface area contributed by atoms with Crippen molar-refractivity contribution in [1.82, 2.24) is 5.43 Å². The summed E-state index contributed by atoms with van der Waals surface area (Å²) in [5, 5.41) is 0. The lowest BCUT2D eigenvalue weighted by molar-refractivity contribution is 0.242. The molecule has 0 aromatic carbocycles. The fourth-order valence-corrected chi connectivity index (χ4v) is 1.08. The lowest BCUT2D eigenvalue weighted by Gasteiger charge is -2.30. The highest BCUT2D eigenvalue weighted by atomic mass is 15.2. The average molecular weight is 114 g/mol. The molecule has 0 heterocycles. The summed E-state index contributed by atoms with van der Waals surface area (Å²) in [5.41, 5.74) is 2.77. The highest BCUT2D eigenvalue weighted by Crippen LogP contribution is 2.28. The molecule has 1 saturated carbocycles. The van der Waals surface area contributed by atoms with Crippen LogP contribution in [-0.4, -0.2) is 6.04 Å². The molecule has 1 rings (SSSR count). The van der Waals surface area contributed by atoms with Crippen molar-refractivity contribution in [2.24, 2.45) is 11.8 Å². The molecule has 48 valence electrons. The van der Waals surface area contributed by atoms with Crippen molar-refractivity contribution < 1.29 is 0 Å². The van der Waals surface area contributed by atoms with E-state index in [1.54, 1.807) is 0 Å². The maximum Gasteiger partial charge on any atom is 0.0210 e. The average Bonchev–Trinajstić information content (AvgIpc) is 1.62. The van der Waals surface area contributed by atoms with Gasteiger partial charge < -0.3 is 0 Å². The summed E-state index contributed by atoms with van der Waals surface area (Å²) in [5.74, 6) is 6.09. The highest BCUT2D eigenvalue weighted by molar-refractivity contribution is 4.77. The molecule has 0 aliphatic heterocycles. The van der Waals surface area contributed by atoms with Crippen LogP contribution >= 0.6 is 0 Å². The SMILES string of the molecule is CC(NN)C1CCC1. The van der Waals surface area contributed by atoms with E-state index in [0.29, 0.717) is 6.04 Å². The molecule has 1 aliphatic carbocycles. The Hall–Kier alpha value is -0.0800. The molecule has 0 amide bonds. The van der Waals surface area contributed by atoms with Gasteiger partial charge in [-0.3, -0.25) is 11.3 Å². The lowest BCUT2D eigenvalue weighted by Crippen LogP contribution is -2.41. The summed E-state index contributed by atoms with van der Waals surface area (Å²) in [7, 11) is 0. The minimum Gasteiger partial charge on any atom is -0.271 e. The Bertz CT molecular complexity index is 66.2. The van der Waals surface area contributed by atoms with Gasteiger partial charge in [0.05, 0.1) is 0 Å². The van der Waals surface area contributed by atoms with Crippen molar-refractivity contribution in [1.29, 1.82) is 0 Å². The van der Waals surface area contributed by atoms with Gasteiger partial charge in [0, 0.05) is 6.04 Å². The van der Waals surface area contributed by atoms with Crippen LogP contribution in [0.25, 0.3) is 0 Å². The van der Waals surface area contributed by atoms with E-state index < -0.39 is 0 Å². The maximum atomic E-state index is 5.23. The predicted octanol–water partition coefficient (Wildman–Crippen LogP) is 0.638. The van der Waals surface area contributed by atoms with Gasteiger partial charge in [-0.1, -0.05) is 6.42 Å². The van der Waals surface area contributed by atoms with Gasteiger partial charge in [0.1, 0.15) is 0 Å². The zero-order chi connectivity index (χ0) is 5.98. The molecule has 3 N–H and O–H groups in total. The highest BCUT2D eigenvalue weighted by Gasteiger charge is 2.22. The third kappa shape index (κ3) is 1.01. The molecular weight excluding hydrogens is 100 g/mol. The summed E-state index contributed by atoms with van der Waals surface area (Å²) in [6, 6.07) is 0.531. The van der Waals surface area contributed by atoms with Crippen LogP contribution in [-0.2, 0) is 0 Å². The van der Waals surface area contributed by atoms with Gasteiger partial charge in [-0.2, -0.15) is 0 Å². The predicted molar refractivity (Wildman–Crippen MR) is 34.1 cm³/mol. The van der Waals surface area contributed by atoms with E-state index in [0.717, 1.165) is 5.92 Å². The van der Waals surface area contributed by atoms with Crippen molar-refractivity contribution in [2.75, 3.05) is 0 Å². The van der Waals surface area contributed by atoms with Gasteiger partial charge in [0.2, 0.25) is 0 Å². The Labute approximate surface area is 50.4 Å². The molecule has 0 spiro atoms. The van der Waals surface area contributed by atoms with Crippen molar-refractivity contribution in [3.8, 4) is 0 Å². The molecule has 0 radical (unpaired) electrons. The standard InChI is InChI=1S/C6H14N2/c1-5(8-7)6-3-2-4-6/h5-6,8H,2-4,7H2,1H3. The van der Waals surface area contributed by atoms with E-state index in [2.05, 4.69) is 12.3 Å². The second-order valence-corrected chi connectivity index (χ2v) is 2.65. The Kier molecular flexibility index (Phi) is 1.86. The molecule has 0 bridgehead atoms. The zero-order valence-corrected chi connectivity index (χ0v) is 5.35. The van der Waals surface area contributed by atoms with Crippen LogP contribution in [0.3, 0.4) is 0 Å². The molecule has 1 aliphatic rings. The topological polar surface area (TPSA) is 38.0 Å². The second-order valence-electron chi connectivity index (χ2n) is 2.65. The number of rotatable bonds is 2. The Morgan fingerprint density at radius 1 is 1.62 bits per heavy atom. The Balaban J connectivity index is 2.13. The molecule has 2 heteroatoms. The molecule has 8 heavy (non-hydrogen) atoms. The van der Waals surface area contributed by atoms with E-state index in [1.807, 2.05) is 0 Å². The first-order valence-electron chi connectivity index (χ1n) is 3.30. The molecule has 2 nitrogen and oxygen atoms in total. The van der Waals surface area contributed by atoms with Crippen molar-refractivity contribution in [3.63, 3.8) is 0 Å². The van der Waals surface area contributed by atoms with E-state index in [1.165, 1.54) is 19.3 Å². The molecule has 1 atom stereocenters. The van der Waals surface area contributed by atoms with Gasteiger partial charge in [0.25, 0.3) is 0 Å². The summed E-state index contributed by atoms with van der Waals surface area (Å²) < 4.78 is 0. The van der Waals surface area contributed by atoms with Crippen LogP contribution in [0.15, 0.2) is 0 Å². The number of hydrazine groups is 1. The van der Waals surface area contributed by atoms with Gasteiger partial charge in [-0.15, -0.1) is 0 Å². The first-order valence-corrected chi connectivity index (χ1v) is 3.30. The number of hydrogen-bond acceptors (Lipinski definition) is 2. The fraction of sp³-hybridized carbons (Fsp3) is 1.00. The van der Waals surface area contributed by atoms with Crippen molar-refractivity contribution >= 4 is 0 Å². The normalized spacial score (nSPS) is 24.8. The Morgan fingerprint density at radius 3 is 2.38 bits per heavy atom. The Morgan fingerprint density at radius 2 is 2.25 bits per heavy atom. The lowest BCUT2D eigenvalue weighted by atomic mass is 9.81. The molecule has 0 aromatic rings. The number of nitrogens with one attached hydrogen (secondary N) is 1. The minimum absolute atomic E-state index is 0.531. The molecule has 1 fully saturated rings. The molecule has 0 aromatic heterocycles. The van der Waals surface area contributed by atoms with E-state index in [9.17, 15) is 0 Å². The van der Waals surface area contributed by atoms with Crippen molar-refractivity contribution in [2.45, 2.75) is 32.2 Å². The molecule has 0 saturated heterocycles. The molecule has 1 unspecified atom stereocenters.